The van der Waals surface area contributed by atoms with E-state index in [2.05, 4.69) is 33.6 Å². The van der Waals surface area contributed by atoms with Crippen molar-refractivity contribution in [3.8, 4) is 11.8 Å². The molecule has 1 aromatic carbocycles. The van der Waals surface area contributed by atoms with Gasteiger partial charge in [0.2, 0.25) is 0 Å². The van der Waals surface area contributed by atoms with E-state index in [4.69, 9.17) is 4.74 Å². The van der Waals surface area contributed by atoms with Gasteiger partial charge in [-0.05, 0) is 127 Å². The summed E-state index contributed by atoms with van der Waals surface area (Å²) >= 11 is 0. The van der Waals surface area contributed by atoms with Gasteiger partial charge in [0.1, 0.15) is 11.8 Å². The minimum atomic E-state index is -4.40. The Morgan fingerprint density at radius 2 is 1.83 bits per heavy atom. The SMILES string of the molecule is C/C(NCC12CC3CC(C1)C(NCC1CCC(C)(O)CC1)C(C3)C2)=C(C#N)\C=N/C(C)NCc1ccccc1OCC(F)(F)F.C=CC. The molecule has 0 heterocycles. The number of para-hydroxylation sites is 1. The summed E-state index contributed by atoms with van der Waals surface area (Å²) < 4.78 is 42.8. The van der Waals surface area contributed by atoms with Crippen LogP contribution in [0, 0.1) is 40.4 Å². The number of hydrogen-bond donors (Lipinski definition) is 4. The predicted octanol–water partition coefficient (Wildman–Crippen LogP) is 7.44. The molecule has 0 spiro atoms. The number of halogens is 3. The molecule has 0 radical (unpaired) electrons. The molecule has 5 saturated carbocycles. The molecule has 7 nitrogen and oxygen atoms in total. The quantitative estimate of drug-likeness (QED) is 0.0989. The molecule has 266 valence electrons. The zero-order chi connectivity index (χ0) is 35.0. The Balaban J connectivity index is 0.00000167. The van der Waals surface area contributed by atoms with E-state index in [0.29, 0.717) is 34.9 Å². The molecule has 0 saturated heterocycles. The Kier molecular flexibility index (Phi) is 13.2. The predicted molar refractivity (Wildman–Crippen MR) is 185 cm³/mol. The van der Waals surface area contributed by atoms with Crippen LogP contribution in [0.1, 0.15) is 91.0 Å². The molecule has 1 aromatic rings. The molecular formula is C38H56F3N5O2. The minimum Gasteiger partial charge on any atom is -0.484 e. The van der Waals surface area contributed by atoms with Crippen LogP contribution >= 0.6 is 0 Å². The van der Waals surface area contributed by atoms with E-state index >= 15 is 0 Å². The number of allylic oxidation sites excluding steroid dienone is 3. The molecule has 5 fully saturated rings. The van der Waals surface area contributed by atoms with Crippen LogP contribution in [0.15, 0.2) is 53.2 Å². The topological polar surface area (TPSA) is 102 Å². The van der Waals surface area contributed by atoms with E-state index < -0.39 is 18.4 Å². The van der Waals surface area contributed by atoms with Gasteiger partial charge in [-0.15, -0.1) is 6.58 Å². The third kappa shape index (κ3) is 10.8. The van der Waals surface area contributed by atoms with Gasteiger partial charge in [-0.2, -0.15) is 18.4 Å². The van der Waals surface area contributed by atoms with E-state index in [9.17, 15) is 23.5 Å². The Morgan fingerprint density at radius 1 is 1.19 bits per heavy atom. The van der Waals surface area contributed by atoms with Gasteiger partial charge in [0.05, 0.1) is 17.3 Å². The van der Waals surface area contributed by atoms with Crippen LogP contribution in [0.5, 0.6) is 5.75 Å². The van der Waals surface area contributed by atoms with Crippen molar-refractivity contribution < 1.29 is 23.0 Å². The Hall–Kier alpha value is -2.87. The van der Waals surface area contributed by atoms with Crippen molar-refractivity contribution in [1.29, 1.82) is 5.26 Å². The average molecular weight is 672 g/mol. The van der Waals surface area contributed by atoms with E-state index in [1.165, 1.54) is 38.2 Å². The molecule has 5 aliphatic rings. The summed E-state index contributed by atoms with van der Waals surface area (Å²) in [5.74, 6) is 3.07. The van der Waals surface area contributed by atoms with Crippen molar-refractivity contribution in [1.82, 2.24) is 16.0 Å². The fourth-order valence-electron chi connectivity index (χ4n) is 8.62. The maximum Gasteiger partial charge on any atom is 0.422 e. The number of nitriles is 1. The third-order valence-corrected chi connectivity index (χ3v) is 10.9. The highest BCUT2D eigenvalue weighted by Gasteiger charge is 2.55. The molecule has 0 aliphatic heterocycles. The summed E-state index contributed by atoms with van der Waals surface area (Å²) in [6, 6.07) is 9.51. The maximum absolute atomic E-state index is 12.6. The first-order chi connectivity index (χ1) is 22.7. The fraction of sp³-hybridized carbons (Fsp3) is 0.684. The zero-order valence-corrected chi connectivity index (χ0v) is 29.2. The van der Waals surface area contributed by atoms with Crippen molar-refractivity contribution in [2.45, 2.75) is 116 Å². The highest BCUT2D eigenvalue weighted by Crippen LogP contribution is 2.60. The number of aliphatic hydroxyl groups is 1. The summed E-state index contributed by atoms with van der Waals surface area (Å²) in [7, 11) is 0. The van der Waals surface area contributed by atoms with Gasteiger partial charge in [-0.25, -0.2) is 0 Å². The van der Waals surface area contributed by atoms with Crippen LogP contribution < -0.4 is 20.7 Å². The smallest absolute Gasteiger partial charge is 0.422 e. The van der Waals surface area contributed by atoms with E-state index in [-0.39, 0.29) is 23.9 Å². The Labute approximate surface area is 285 Å². The first-order valence-corrected chi connectivity index (χ1v) is 17.7. The minimum absolute atomic E-state index is 0.183. The van der Waals surface area contributed by atoms with Crippen LogP contribution in [0.4, 0.5) is 13.2 Å². The molecule has 5 aliphatic carbocycles. The van der Waals surface area contributed by atoms with Crippen LogP contribution in [0.2, 0.25) is 0 Å². The summed E-state index contributed by atoms with van der Waals surface area (Å²) in [5.41, 5.74) is 1.69. The molecule has 3 unspecified atom stereocenters. The van der Waals surface area contributed by atoms with Gasteiger partial charge in [0.25, 0.3) is 0 Å². The molecule has 3 atom stereocenters. The lowest BCUT2D eigenvalue weighted by Crippen LogP contribution is -2.60. The second-order valence-corrected chi connectivity index (χ2v) is 15.1. The van der Waals surface area contributed by atoms with E-state index in [0.717, 1.165) is 50.4 Å². The third-order valence-electron chi connectivity index (χ3n) is 10.9. The van der Waals surface area contributed by atoms with Crippen molar-refractivity contribution >= 4 is 6.21 Å². The van der Waals surface area contributed by atoms with Crippen molar-refractivity contribution in [3.63, 3.8) is 0 Å². The monoisotopic (exact) mass is 671 g/mol. The second kappa shape index (κ2) is 16.7. The highest BCUT2D eigenvalue weighted by molar-refractivity contribution is 5.84. The van der Waals surface area contributed by atoms with E-state index in [1.807, 2.05) is 27.7 Å². The highest BCUT2D eigenvalue weighted by atomic mass is 19.4. The number of benzene rings is 1. The zero-order valence-electron chi connectivity index (χ0n) is 29.2. The summed E-state index contributed by atoms with van der Waals surface area (Å²) in [5, 5.41) is 31.0. The van der Waals surface area contributed by atoms with Gasteiger partial charge < -0.3 is 20.5 Å². The van der Waals surface area contributed by atoms with Gasteiger partial charge in [0, 0.05) is 36.6 Å². The fourth-order valence-corrected chi connectivity index (χ4v) is 8.62. The first-order valence-electron chi connectivity index (χ1n) is 17.7. The lowest BCUT2D eigenvalue weighted by atomic mass is 9.48. The van der Waals surface area contributed by atoms with Crippen LogP contribution in [-0.2, 0) is 6.54 Å². The molecule has 0 amide bonds. The average Bonchev–Trinajstić information content (AvgIpc) is 3.02. The van der Waals surface area contributed by atoms with Gasteiger partial charge in [-0.3, -0.25) is 10.3 Å². The van der Waals surface area contributed by atoms with Crippen molar-refractivity contribution in [3.05, 3.63) is 53.8 Å². The van der Waals surface area contributed by atoms with Gasteiger partial charge in [0.15, 0.2) is 6.61 Å². The molecule has 0 aromatic heterocycles. The summed E-state index contributed by atoms with van der Waals surface area (Å²) in [4.78, 5) is 4.50. The van der Waals surface area contributed by atoms with Gasteiger partial charge >= 0.3 is 6.18 Å². The van der Waals surface area contributed by atoms with Gasteiger partial charge in [-0.1, -0.05) is 24.3 Å². The molecule has 10 heteroatoms. The largest absolute Gasteiger partial charge is 0.484 e. The number of nitrogens with zero attached hydrogens (tertiary/aromatic N) is 2. The number of hydrogen-bond acceptors (Lipinski definition) is 7. The number of nitrogens with one attached hydrogen (secondary N) is 3. The molecule has 4 N–H and O–H groups in total. The molecule has 4 bridgehead atoms. The van der Waals surface area contributed by atoms with Crippen molar-refractivity contribution in [2.75, 3.05) is 19.7 Å². The number of alkyl halides is 3. The summed E-state index contributed by atoms with van der Waals surface area (Å²) in [6.45, 7) is 11.9. The van der Waals surface area contributed by atoms with Crippen LogP contribution in [0.3, 0.4) is 0 Å². The molecule has 48 heavy (non-hydrogen) atoms. The standard InChI is InChI=1S/C35H50F3N5O2.C3H6/c1-23(30(17-39)20-41-24(2)40-19-27-6-4-5-7-31(27)45-22-35(36,37)38)43-21-34-14-26-12-28(15-34)32(29(13-26)16-34)42-18-25-8-10-33(3,44)11-9-25;1-3-2/h4-7,20,24-26,28-29,32,40,42-44H,8-16,18-19,21-22H2,1-3H3;3H,1H2,2H3/b30-23+,41-20-;. The van der Waals surface area contributed by atoms with Crippen molar-refractivity contribution in [2.24, 2.45) is 34.1 Å². The van der Waals surface area contributed by atoms with Crippen LogP contribution in [0.25, 0.3) is 0 Å². The normalized spacial score (nSPS) is 32.1. The van der Waals surface area contributed by atoms with Crippen LogP contribution in [-0.4, -0.2) is 55.0 Å². The molecule has 6 rings (SSSR count). The summed E-state index contributed by atoms with van der Waals surface area (Å²) in [6.07, 6.45) is 8.96. The molecular weight excluding hydrogens is 615 g/mol. The first kappa shape index (κ1) is 37.9. The number of ether oxygens (including phenoxy) is 1. The second-order valence-electron chi connectivity index (χ2n) is 15.1. The Morgan fingerprint density at radius 3 is 2.46 bits per heavy atom. The number of rotatable bonds is 13. The van der Waals surface area contributed by atoms with E-state index in [1.54, 1.807) is 30.5 Å². The lowest BCUT2D eigenvalue weighted by Gasteiger charge is -2.60. The number of aliphatic imine (C=N–C) groups is 1. The maximum atomic E-state index is 12.6. The Bertz CT molecular complexity index is 1290. The lowest BCUT2D eigenvalue weighted by molar-refractivity contribution is -0.153.